The SMILES string of the molecule is [Se]c1nc(Nc2ccccc2)c2ccccc2n1. The van der Waals surface area contributed by atoms with Crippen LogP contribution in [0.15, 0.2) is 54.6 Å². The zero-order valence-electron chi connectivity index (χ0n) is 9.50. The summed E-state index contributed by atoms with van der Waals surface area (Å²) in [5.41, 5.74) is 1.94. The second kappa shape index (κ2) is 4.76. The predicted octanol–water partition coefficient (Wildman–Crippen LogP) is 2.17. The average Bonchev–Trinajstić information content (AvgIpc) is 2.40. The van der Waals surface area contributed by atoms with Crippen LogP contribution in [0.25, 0.3) is 10.9 Å². The number of para-hydroxylation sites is 2. The predicted molar refractivity (Wildman–Crippen MR) is 74.7 cm³/mol. The van der Waals surface area contributed by atoms with Gasteiger partial charge in [0.2, 0.25) is 0 Å². The number of benzene rings is 2. The molecule has 3 aromatic rings. The van der Waals surface area contributed by atoms with Gasteiger partial charge < -0.3 is 0 Å². The van der Waals surface area contributed by atoms with E-state index in [1.165, 1.54) is 0 Å². The summed E-state index contributed by atoms with van der Waals surface area (Å²) in [5, 5.41) is 4.33. The van der Waals surface area contributed by atoms with Gasteiger partial charge in [-0.15, -0.1) is 0 Å². The molecule has 1 radical (unpaired) electrons. The monoisotopic (exact) mass is 300 g/mol. The number of nitrogens with zero attached hydrogens (tertiary/aromatic N) is 2. The molecule has 3 rings (SSSR count). The van der Waals surface area contributed by atoms with Crippen molar-refractivity contribution in [2.24, 2.45) is 0 Å². The van der Waals surface area contributed by atoms with Crippen LogP contribution in [0.2, 0.25) is 0 Å². The van der Waals surface area contributed by atoms with E-state index in [1.54, 1.807) is 0 Å². The van der Waals surface area contributed by atoms with Crippen molar-refractivity contribution in [2.45, 2.75) is 0 Å². The van der Waals surface area contributed by atoms with Gasteiger partial charge in [0.15, 0.2) is 0 Å². The fraction of sp³-hybridized carbons (Fsp3) is 0. The molecular weight excluding hydrogens is 289 g/mol. The molecule has 18 heavy (non-hydrogen) atoms. The van der Waals surface area contributed by atoms with Crippen LogP contribution in [0.1, 0.15) is 0 Å². The van der Waals surface area contributed by atoms with Gasteiger partial charge in [0.05, 0.1) is 0 Å². The molecule has 1 aromatic heterocycles. The minimum atomic E-state index is 0.645. The molecule has 0 amide bonds. The Labute approximate surface area is 113 Å². The molecule has 0 saturated carbocycles. The van der Waals surface area contributed by atoms with E-state index in [0.717, 1.165) is 22.4 Å². The van der Waals surface area contributed by atoms with E-state index in [1.807, 2.05) is 54.6 Å². The van der Waals surface area contributed by atoms with E-state index in [-0.39, 0.29) is 0 Å². The van der Waals surface area contributed by atoms with Crippen LogP contribution in [-0.2, 0) is 0 Å². The van der Waals surface area contributed by atoms with Crippen LogP contribution in [0.5, 0.6) is 0 Å². The standard InChI is InChI=1S/C14H10N3Se/c18-14-16-12-9-5-4-8-11(12)13(17-14)15-10-6-2-1-3-7-10/h1-9H,(H,15,16,17). The average molecular weight is 299 g/mol. The summed E-state index contributed by atoms with van der Waals surface area (Å²) in [4.78, 5) is 8.79. The molecule has 1 heterocycles. The molecule has 1 N–H and O–H groups in total. The minimum absolute atomic E-state index is 0.645. The maximum absolute atomic E-state index is 4.42. The van der Waals surface area contributed by atoms with Crippen molar-refractivity contribution in [3.8, 4) is 0 Å². The van der Waals surface area contributed by atoms with Gasteiger partial charge in [-0.2, -0.15) is 0 Å². The van der Waals surface area contributed by atoms with Gasteiger partial charge >= 0.3 is 113 Å². The third-order valence-corrected chi connectivity index (χ3v) is 3.00. The fourth-order valence-electron chi connectivity index (χ4n) is 1.81. The molecule has 0 aliphatic heterocycles. The first-order valence-corrected chi connectivity index (χ1v) is 6.44. The van der Waals surface area contributed by atoms with E-state index >= 15 is 0 Å². The van der Waals surface area contributed by atoms with Crippen LogP contribution in [0.3, 0.4) is 0 Å². The Balaban J connectivity index is 2.11. The zero-order valence-corrected chi connectivity index (χ0v) is 11.2. The normalized spacial score (nSPS) is 10.4. The summed E-state index contributed by atoms with van der Waals surface area (Å²) in [6.45, 7) is 0. The van der Waals surface area contributed by atoms with Crippen LogP contribution in [0.4, 0.5) is 11.5 Å². The van der Waals surface area contributed by atoms with Gasteiger partial charge in [-0.1, -0.05) is 0 Å². The fourth-order valence-corrected chi connectivity index (χ4v) is 2.21. The van der Waals surface area contributed by atoms with Crippen molar-refractivity contribution in [3.05, 3.63) is 54.6 Å². The second-order valence-electron chi connectivity index (χ2n) is 3.86. The molecule has 0 fully saturated rings. The van der Waals surface area contributed by atoms with E-state index < -0.39 is 0 Å². The molecule has 0 aliphatic rings. The number of anilines is 2. The van der Waals surface area contributed by atoms with E-state index in [4.69, 9.17) is 0 Å². The number of aromatic nitrogens is 2. The summed E-state index contributed by atoms with van der Waals surface area (Å²) < 4.78 is 0.645. The van der Waals surface area contributed by atoms with Gasteiger partial charge in [0, 0.05) is 0 Å². The molecule has 2 aromatic carbocycles. The third-order valence-electron chi connectivity index (χ3n) is 2.62. The second-order valence-corrected chi connectivity index (χ2v) is 4.63. The van der Waals surface area contributed by atoms with Crippen LogP contribution in [-0.4, -0.2) is 26.0 Å². The van der Waals surface area contributed by atoms with Gasteiger partial charge in [-0.25, -0.2) is 0 Å². The molecule has 0 spiro atoms. The van der Waals surface area contributed by atoms with E-state index in [0.29, 0.717) is 4.72 Å². The van der Waals surface area contributed by atoms with Crippen molar-refractivity contribution < 1.29 is 0 Å². The quantitative estimate of drug-likeness (QED) is 0.737. The number of nitrogens with one attached hydrogen (secondary N) is 1. The van der Waals surface area contributed by atoms with Crippen LogP contribution < -0.4 is 10.0 Å². The molecule has 0 atom stereocenters. The van der Waals surface area contributed by atoms with Gasteiger partial charge in [0.25, 0.3) is 0 Å². The van der Waals surface area contributed by atoms with Crippen LogP contribution >= 0.6 is 0 Å². The molecule has 87 valence electrons. The molecule has 0 bridgehead atoms. The summed E-state index contributed by atoms with van der Waals surface area (Å²) >= 11 is 2.86. The van der Waals surface area contributed by atoms with Crippen molar-refractivity contribution in [2.75, 3.05) is 5.32 Å². The van der Waals surface area contributed by atoms with Crippen molar-refractivity contribution in [1.82, 2.24) is 9.97 Å². The van der Waals surface area contributed by atoms with Crippen molar-refractivity contribution in [1.29, 1.82) is 0 Å². The number of rotatable bonds is 2. The topological polar surface area (TPSA) is 37.8 Å². The maximum atomic E-state index is 4.42. The molecule has 0 aliphatic carbocycles. The number of hydrogen-bond acceptors (Lipinski definition) is 3. The first-order valence-electron chi connectivity index (χ1n) is 5.59. The summed E-state index contributed by atoms with van der Waals surface area (Å²) in [6.07, 6.45) is 0. The first kappa shape index (κ1) is 11.2. The van der Waals surface area contributed by atoms with E-state index in [2.05, 4.69) is 31.3 Å². The Morgan fingerprint density at radius 2 is 1.56 bits per heavy atom. The molecular formula is C14H10N3Se. The Bertz CT molecular complexity index is 683. The van der Waals surface area contributed by atoms with Crippen molar-refractivity contribution >= 4 is 43.1 Å². The molecule has 4 heteroatoms. The third kappa shape index (κ3) is 2.21. The number of hydrogen-bond donors (Lipinski definition) is 1. The Morgan fingerprint density at radius 1 is 0.833 bits per heavy atom. The van der Waals surface area contributed by atoms with Gasteiger partial charge in [-0.3, -0.25) is 0 Å². The van der Waals surface area contributed by atoms with Gasteiger partial charge in [0.1, 0.15) is 0 Å². The Morgan fingerprint density at radius 3 is 2.39 bits per heavy atom. The van der Waals surface area contributed by atoms with Crippen LogP contribution in [0, 0.1) is 0 Å². The summed E-state index contributed by atoms with van der Waals surface area (Å²) in [6, 6.07) is 17.9. The zero-order chi connectivity index (χ0) is 12.4. The van der Waals surface area contributed by atoms with Crippen molar-refractivity contribution in [3.63, 3.8) is 0 Å². The first-order chi connectivity index (χ1) is 8.83. The van der Waals surface area contributed by atoms with Gasteiger partial charge in [-0.05, 0) is 0 Å². The molecule has 0 unspecified atom stereocenters. The summed E-state index contributed by atoms with van der Waals surface area (Å²) in [7, 11) is 0. The molecule has 0 saturated heterocycles. The molecule has 3 nitrogen and oxygen atoms in total. The number of fused-ring (bicyclic) bond motifs is 1. The van der Waals surface area contributed by atoms with E-state index in [9.17, 15) is 0 Å². The summed E-state index contributed by atoms with van der Waals surface area (Å²) in [5.74, 6) is 0.820. The Kier molecular flexibility index (Phi) is 2.97. The Hall–Kier alpha value is -1.90.